The standard InChI is InChI=1S/C11H14O3.K/c1-3-7(2)8-4-5-9(11(13)14)10(12)6-8;/h4-7,12H,3H2,1-2H3,(H,13,14);/q;+1/p-1. The van der Waals surface area contributed by atoms with Crippen LogP contribution in [0.2, 0.25) is 0 Å². The van der Waals surface area contributed by atoms with Gasteiger partial charge in [-0.05, 0) is 30.0 Å². The Morgan fingerprint density at radius 3 is 2.53 bits per heavy atom. The summed E-state index contributed by atoms with van der Waals surface area (Å²) in [5.41, 5.74) is 0.784. The van der Waals surface area contributed by atoms with Gasteiger partial charge in [-0.1, -0.05) is 19.9 Å². The monoisotopic (exact) mass is 232 g/mol. The Morgan fingerprint density at radius 2 is 2.13 bits per heavy atom. The maximum absolute atomic E-state index is 10.5. The van der Waals surface area contributed by atoms with E-state index in [2.05, 4.69) is 0 Å². The van der Waals surface area contributed by atoms with E-state index in [1.54, 1.807) is 6.07 Å². The molecule has 0 radical (unpaired) electrons. The van der Waals surface area contributed by atoms with E-state index in [0.717, 1.165) is 12.0 Å². The van der Waals surface area contributed by atoms with Gasteiger partial charge in [-0.15, -0.1) is 0 Å². The van der Waals surface area contributed by atoms with Gasteiger partial charge >= 0.3 is 51.4 Å². The number of rotatable bonds is 3. The van der Waals surface area contributed by atoms with Gasteiger partial charge in [0.15, 0.2) is 0 Å². The first-order valence-electron chi connectivity index (χ1n) is 4.60. The van der Waals surface area contributed by atoms with Gasteiger partial charge in [0.05, 0.1) is 5.97 Å². The zero-order valence-electron chi connectivity index (χ0n) is 9.28. The van der Waals surface area contributed by atoms with E-state index in [1.165, 1.54) is 12.1 Å². The fourth-order valence-electron chi connectivity index (χ4n) is 1.26. The average Bonchev–Trinajstić information content (AvgIpc) is 2.15. The molecular formula is C11H13KO3. The summed E-state index contributed by atoms with van der Waals surface area (Å²) in [4.78, 5) is 10.5. The topological polar surface area (TPSA) is 60.4 Å². The number of carboxylic acids is 1. The Balaban J connectivity index is 0.00000196. The zero-order valence-corrected chi connectivity index (χ0v) is 12.4. The van der Waals surface area contributed by atoms with Crippen molar-refractivity contribution in [2.24, 2.45) is 0 Å². The predicted octanol–water partition coefficient (Wildman–Crippen LogP) is -1.73. The quantitative estimate of drug-likeness (QED) is 0.630. The summed E-state index contributed by atoms with van der Waals surface area (Å²) in [6, 6.07) is 4.57. The van der Waals surface area contributed by atoms with Crippen LogP contribution in [0.4, 0.5) is 0 Å². The summed E-state index contributed by atoms with van der Waals surface area (Å²) in [5, 5.41) is 19.9. The molecule has 3 nitrogen and oxygen atoms in total. The molecule has 15 heavy (non-hydrogen) atoms. The van der Waals surface area contributed by atoms with E-state index < -0.39 is 5.97 Å². The second kappa shape index (κ2) is 6.65. The molecule has 1 aromatic carbocycles. The van der Waals surface area contributed by atoms with Gasteiger partial charge in [0.1, 0.15) is 5.75 Å². The number of carbonyl (C=O) groups is 1. The van der Waals surface area contributed by atoms with E-state index in [1.807, 2.05) is 13.8 Å². The van der Waals surface area contributed by atoms with E-state index in [0.29, 0.717) is 5.92 Å². The van der Waals surface area contributed by atoms with Crippen LogP contribution >= 0.6 is 0 Å². The molecule has 0 aliphatic rings. The van der Waals surface area contributed by atoms with Crippen LogP contribution in [0.15, 0.2) is 18.2 Å². The van der Waals surface area contributed by atoms with Crippen molar-refractivity contribution >= 4 is 5.97 Å². The minimum atomic E-state index is -1.35. The van der Waals surface area contributed by atoms with Crippen LogP contribution in [-0.4, -0.2) is 11.1 Å². The average molecular weight is 232 g/mol. The molecule has 0 spiro atoms. The van der Waals surface area contributed by atoms with Crippen molar-refractivity contribution in [3.63, 3.8) is 0 Å². The minimum absolute atomic E-state index is 0. The molecule has 1 unspecified atom stereocenters. The molecule has 0 saturated heterocycles. The van der Waals surface area contributed by atoms with Crippen LogP contribution in [0.3, 0.4) is 0 Å². The van der Waals surface area contributed by atoms with Gasteiger partial charge in [-0.2, -0.15) is 0 Å². The van der Waals surface area contributed by atoms with E-state index in [4.69, 9.17) is 0 Å². The number of carbonyl (C=O) groups excluding carboxylic acids is 1. The second-order valence-electron chi connectivity index (χ2n) is 3.37. The van der Waals surface area contributed by atoms with Crippen LogP contribution < -0.4 is 56.5 Å². The van der Waals surface area contributed by atoms with Gasteiger partial charge in [0.2, 0.25) is 0 Å². The second-order valence-corrected chi connectivity index (χ2v) is 3.37. The molecule has 0 amide bonds. The summed E-state index contributed by atoms with van der Waals surface area (Å²) in [7, 11) is 0. The molecule has 0 aliphatic carbocycles. The first kappa shape index (κ1) is 15.1. The summed E-state index contributed by atoms with van der Waals surface area (Å²) < 4.78 is 0. The third-order valence-electron chi connectivity index (χ3n) is 2.42. The molecule has 76 valence electrons. The van der Waals surface area contributed by atoms with Crippen molar-refractivity contribution in [1.29, 1.82) is 0 Å². The van der Waals surface area contributed by atoms with Crippen molar-refractivity contribution in [3.8, 4) is 5.75 Å². The number of aromatic hydroxyl groups is 1. The largest absolute Gasteiger partial charge is 1.00 e. The molecule has 4 heteroatoms. The molecule has 0 saturated carbocycles. The Labute approximate surface area is 132 Å². The summed E-state index contributed by atoms with van der Waals surface area (Å²) >= 11 is 0. The maximum atomic E-state index is 10.5. The van der Waals surface area contributed by atoms with Crippen LogP contribution in [0.25, 0.3) is 0 Å². The van der Waals surface area contributed by atoms with Crippen LogP contribution in [0.5, 0.6) is 5.75 Å². The molecule has 0 aromatic heterocycles. The van der Waals surface area contributed by atoms with Crippen molar-refractivity contribution < 1.29 is 66.4 Å². The fraction of sp³-hybridized carbons (Fsp3) is 0.364. The number of benzene rings is 1. The van der Waals surface area contributed by atoms with E-state index >= 15 is 0 Å². The van der Waals surface area contributed by atoms with Gasteiger partial charge in [-0.3, -0.25) is 0 Å². The molecule has 1 N–H and O–H groups in total. The Kier molecular flexibility index (Phi) is 6.71. The number of aromatic carboxylic acids is 1. The molecular weight excluding hydrogens is 219 g/mol. The molecule has 0 bridgehead atoms. The molecule has 0 aliphatic heterocycles. The summed E-state index contributed by atoms with van der Waals surface area (Å²) in [6.07, 6.45) is 0.949. The summed E-state index contributed by atoms with van der Waals surface area (Å²) in [5.74, 6) is -1.25. The van der Waals surface area contributed by atoms with Crippen molar-refractivity contribution in [2.45, 2.75) is 26.2 Å². The summed E-state index contributed by atoms with van der Waals surface area (Å²) in [6.45, 7) is 4.06. The van der Waals surface area contributed by atoms with Gasteiger partial charge in [-0.25, -0.2) is 0 Å². The number of carboxylic acid groups (broad SMARTS) is 1. The predicted molar refractivity (Wildman–Crippen MR) is 51.1 cm³/mol. The minimum Gasteiger partial charge on any atom is -0.545 e. The van der Waals surface area contributed by atoms with Crippen LogP contribution in [0.1, 0.15) is 42.1 Å². The molecule has 1 atom stereocenters. The van der Waals surface area contributed by atoms with Crippen LogP contribution in [0, 0.1) is 0 Å². The molecule has 1 rings (SSSR count). The molecule has 0 heterocycles. The normalized spacial score (nSPS) is 11.6. The van der Waals surface area contributed by atoms with Crippen molar-refractivity contribution in [3.05, 3.63) is 29.3 Å². The first-order valence-corrected chi connectivity index (χ1v) is 4.60. The fourth-order valence-corrected chi connectivity index (χ4v) is 1.26. The molecule has 1 aromatic rings. The van der Waals surface area contributed by atoms with Gasteiger partial charge in [0, 0.05) is 5.56 Å². The van der Waals surface area contributed by atoms with Gasteiger partial charge < -0.3 is 15.0 Å². The Morgan fingerprint density at radius 1 is 1.53 bits per heavy atom. The third-order valence-corrected chi connectivity index (χ3v) is 2.42. The molecule has 0 fully saturated rings. The zero-order chi connectivity index (χ0) is 10.7. The van der Waals surface area contributed by atoms with Crippen molar-refractivity contribution in [2.75, 3.05) is 0 Å². The third kappa shape index (κ3) is 3.88. The van der Waals surface area contributed by atoms with Crippen molar-refractivity contribution in [1.82, 2.24) is 0 Å². The maximum Gasteiger partial charge on any atom is 1.00 e. The first-order chi connectivity index (χ1) is 6.56. The van der Waals surface area contributed by atoms with E-state index in [-0.39, 0.29) is 62.7 Å². The Bertz CT molecular complexity index is 350. The smallest absolute Gasteiger partial charge is 0.545 e. The Hall–Kier alpha value is 0.126. The number of hydrogen-bond acceptors (Lipinski definition) is 3. The van der Waals surface area contributed by atoms with Crippen LogP contribution in [-0.2, 0) is 0 Å². The SMILES string of the molecule is CCC(C)c1ccc(C(=O)[O-])c(O)c1.[K+]. The van der Waals surface area contributed by atoms with E-state index in [9.17, 15) is 15.0 Å². The van der Waals surface area contributed by atoms with Gasteiger partial charge in [0.25, 0.3) is 0 Å². The number of hydrogen-bond donors (Lipinski definition) is 1. The number of phenols is 1.